The Balaban J connectivity index is 1.72. The number of amides is 1. The Kier molecular flexibility index (Phi) is 4.30. The van der Waals surface area contributed by atoms with Crippen molar-refractivity contribution in [2.45, 2.75) is 51.4 Å². The number of hydrogen-bond donors (Lipinski definition) is 1. The number of aromatic nitrogens is 1. The molecule has 3 rings (SSSR count). The number of likely N-dealkylation sites (tertiary alicyclic amines) is 1. The summed E-state index contributed by atoms with van der Waals surface area (Å²) in [4.78, 5) is 26.4. The number of piperidine rings is 1. The quantitative estimate of drug-likeness (QED) is 0.903. The number of aryl methyl sites for hydroxylation is 1. The number of ether oxygens (including phenoxy) is 1. The highest BCUT2D eigenvalue weighted by molar-refractivity contribution is 5.94. The Bertz CT molecular complexity index is 691. The molecule has 1 aromatic rings. The lowest BCUT2D eigenvalue weighted by Gasteiger charge is -2.62. The van der Waals surface area contributed by atoms with E-state index >= 15 is 0 Å². The minimum atomic E-state index is -0.367. The number of rotatable bonds is 3. The first-order valence-corrected chi connectivity index (χ1v) is 8.60. The maximum absolute atomic E-state index is 12.7. The average molecular weight is 334 g/mol. The maximum Gasteiger partial charge on any atom is 0.254 e. The van der Waals surface area contributed by atoms with Gasteiger partial charge in [0.05, 0.1) is 11.7 Å². The van der Waals surface area contributed by atoms with Crippen LogP contribution in [0.4, 0.5) is 0 Å². The van der Waals surface area contributed by atoms with Crippen LogP contribution in [-0.2, 0) is 11.3 Å². The molecule has 6 nitrogen and oxygen atoms in total. The van der Waals surface area contributed by atoms with Gasteiger partial charge in [0.2, 0.25) is 0 Å². The average Bonchev–Trinajstić information content (AvgIpc) is 2.61. The van der Waals surface area contributed by atoms with E-state index in [2.05, 4.69) is 0 Å². The van der Waals surface area contributed by atoms with Gasteiger partial charge >= 0.3 is 0 Å². The van der Waals surface area contributed by atoms with Crippen molar-refractivity contribution < 1.29 is 14.6 Å². The highest BCUT2D eigenvalue weighted by Gasteiger charge is 2.63. The fraction of sp³-hybridized carbons (Fsp3) is 0.667. The molecule has 2 fully saturated rings. The van der Waals surface area contributed by atoms with E-state index in [0.29, 0.717) is 31.6 Å². The fourth-order valence-corrected chi connectivity index (χ4v) is 4.33. The third-order valence-electron chi connectivity index (χ3n) is 6.25. The molecule has 0 aromatic carbocycles. The van der Waals surface area contributed by atoms with Crippen molar-refractivity contribution in [2.75, 3.05) is 20.2 Å². The molecule has 2 aliphatic rings. The van der Waals surface area contributed by atoms with Crippen molar-refractivity contribution in [2.24, 2.45) is 5.41 Å². The van der Waals surface area contributed by atoms with E-state index in [9.17, 15) is 14.7 Å². The van der Waals surface area contributed by atoms with Crippen molar-refractivity contribution in [3.63, 3.8) is 0 Å². The lowest BCUT2D eigenvalue weighted by atomic mass is 9.51. The summed E-state index contributed by atoms with van der Waals surface area (Å²) in [5.41, 5.74) is -0.296. The molecular formula is C18H26N2O4. The number of pyridine rings is 1. The molecule has 0 unspecified atom stereocenters. The number of hydrogen-bond acceptors (Lipinski definition) is 4. The van der Waals surface area contributed by atoms with Gasteiger partial charge in [0.25, 0.3) is 11.5 Å². The van der Waals surface area contributed by atoms with Crippen molar-refractivity contribution >= 4 is 5.91 Å². The van der Waals surface area contributed by atoms with Gasteiger partial charge in [-0.15, -0.1) is 0 Å². The summed E-state index contributed by atoms with van der Waals surface area (Å²) >= 11 is 0. The normalized spacial score (nSPS) is 28.7. The topological polar surface area (TPSA) is 71.8 Å². The number of aliphatic hydroxyl groups excluding tert-OH is 1. The standard InChI is InChI=1S/C18H26N2O4/c1-4-19-8-5-13(11-15(19)22)16(23)20-9-6-18(7-10-20)14(21)12-17(18,2)24-3/h5,8,11,14,21H,4,6-7,9-10,12H2,1-3H3/t14-,17+/m1/s1. The first-order valence-electron chi connectivity index (χ1n) is 8.60. The van der Waals surface area contributed by atoms with Gasteiger partial charge in [0.15, 0.2) is 0 Å². The van der Waals surface area contributed by atoms with E-state index < -0.39 is 0 Å². The molecule has 1 saturated heterocycles. The van der Waals surface area contributed by atoms with Crippen LogP contribution in [-0.4, -0.2) is 52.4 Å². The number of aliphatic hydroxyl groups is 1. The van der Waals surface area contributed by atoms with Crippen molar-refractivity contribution in [3.8, 4) is 0 Å². The summed E-state index contributed by atoms with van der Waals surface area (Å²) in [5.74, 6) is -0.113. The first kappa shape index (κ1) is 17.2. The third kappa shape index (κ3) is 2.40. The van der Waals surface area contributed by atoms with Crippen LogP contribution < -0.4 is 5.56 Å². The molecule has 2 atom stereocenters. The number of nitrogens with zero attached hydrogens (tertiary/aromatic N) is 2. The molecule has 1 N–H and O–H groups in total. The third-order valence-corrected chi connectivity index (χ3v) is 6.25. The molecule has 0 radical (unpaired) electrons. The van der Waals surface area contributed by atoms with Crippen molar-refractivity contribution in [3.05, 3.63) is 34.2 Å². The molecule has 1 aliphatic carbocycles. The second kappa shape index (κ2) is 6.01. The summed E-state index contributed by atoms with van der Waals surface area (Å²) in [5, 5.41) is 10.3. The summed E-state index contributed by atoms with van der Waals surface area (Å²) in [6, 6.07) is 3.11. The van der Waals surface area contributed by atoms with Gasteiger partial charge in [-0.2, -0.15) is 0 Å². The minimum absolute atomic E-state index is 0.113. The molecule has 0 bridgehead atoms. The Hall–Kier alpha value is -1.66. The Morgan fingerprint density at radius 1 is 1.42 bits per heavy atom. The Morgan fingerprint density at radius 3 is 2.58 bits per heavy atom. The predicted octanol–water partition coefficient (Wildman–Crippen LogP) is 1.26. The van der Waals surface area contributed by atoms with Crippen molar-refractivity contribution in [1.29, 1.82) is 0 Å². The van der Waals surface area contributed by atoms with Gasteiger partial charge in [0.1, 0.15) is 0 Å². The van der Waals surface area contributed by atoms with E-state index in [-0.39, 0.29) is 28.6 Å². The van der Waals surface area contributed by atoms with Crippen LogP contribution in [0.3, 0.4) is 0 Å². The van der Waals surface area contributed by atoms with Gasteiger partial charge < -0.3 is 19.3 Å². The van der Waals surface area contributed by atoms with Gasteiger partial charge in [-0.3, -0.25) is 9.59 Å². The molecule has 1 aliphatic heterocycles. The number of methoxy groups -OCH3 is 1. The summed E-state index contributed by atoms with van der Waals surface area (Å²) in [6.07, 6.45) is 3.38. The molecule has 24 heavy (non-hydrogen) atoms. The van der Waals surface area contributed by atoms with E-state index in [4.69, 9.17) is 4.74 Å². The Morgan fingerprint density at radius 2 is 2.08 bits per heavy atom. The van der Waals surface area contributed by atoms with E-state index in [0.717, 1.165) is 12.8 Å². The van der Waals surface area contributed by atoms with Crippen LogP contribution in [0.5, 0.6) is 0 Å². The maximum atomic E-state index is 12.7. The monoisotopic (exact) mass is 334 g/mol. The minimum Gasteiger partial charge on any atom is -0.392 e. The van der Waals surface area contributed by atoms with Crippen LogP contribution in [0.2, 0.25) is 0 Å². The zero-order valence-corrected chi connectivity index (χ0v) is 14.6. The molecule has 2 heterocycles. The zero-order chi connectivity index (χ0) is 17.5. The zero-order valence-electron chi connectivity index (χ0n) is 14.6. The number of carbonyl (C=O) groups excluding carboxylic acids is 1. The summed E-state index contributed by atoms with van der Waals surface area (Å²) in [6.45, 7) is 5.68. The smallest absolute Gasteiger partial charge is 0.254 e. The van der Waals surface area contributed by atoms with Crippen LogP contribution >= 0.6 is 0 Å². The molecule has 6 heteroatoms. The SMILES string of the molecule is CCn1ccc(C(=O)N2CCC3(CC2)[C@H](O)C[C@]3(C)OC)cc1=O. The highest BCUT2D eigenvalue weighted by atomic mass is 16.5. The van der Waals surface area contributed by atoms with Gasteiger partial charge in [-0.25, -0.2) is 0 Å². The van der Waals surface area contributed by atoms with Crippen molar-refractivity contribution in [1.82, 2.24) is 9.47 Å². The lowest BCUT2D eigenvalue weighted by Crippen LogP contribution is -2.69. The molecule has 1 amide bonds. The molecule has 132 valence electrons. The van der Waals surface area contributed by atoms with E-state index in [1.165, 1.54) is 6.07 Å². The highest BCUT2D eigenvalue weighted by Crippen LogP contribution is 2.57. The predicted molar refractivity (Wildman–Crippen MR) is 90.0 cm³/mol. The van der Waals surface area contributed by atoms with Gasteiger partial charge in [-0.1, -0.05) is 0 Å². The Labute approximate surface area is 142 Å². The van der Waals surface area contributed by atoms with Crippen LogP contribution in [0, 0.1) is 5.41 Å². The lowest BCUT2D eigenvalue weighted by molar-refractivity contribution is -0.259. The molecule has 1 spiro atoms. The van der Waals surface area contributed by atoms with Gasteiger partial charge in [0, 0.05) is 56.4 Å². The van der Waals surface area contributed by atoms with Crippen LogP contribution in [0.25, 0.3) is 0 Å². The van der Waals surface area contributed by atoms with E-state index in [1.807, 2.05) is 13.8 Å². The second-order valence-corrected chi connectivity index (χ2v) is 7.14. The van der Waals surface area contributed by atoms with Crippen LogP contribution in [0.1, 0.15) is 43.5 Å². The van der Waals surface area contributed by atoms with Crippen LogP contribution in [0.15, 0.2) is 23.1 Å². The summed E-state index contributed by atoms with van der Waals surface area (Å²) in [7, 11) is 1.69. The fourth-order valence-electron chi connectivity index (χ4n) is 4.33. The first-order chi connectivity index (χ1) is 11.4. The van der Waals surface area contributed by atoms with Gasteiger partial charge in [-0.05, 0) is 32.8 Å². The molecule has 1 saturated carbocycles. The second-order valence-electron chi connectivity index (χ2n) is 7.14. The summed E-state index contributed by atoms with van der Waals surface area (Å²) < 4.78 is 7.22. The molecule has 1 aromatic heterocycles. The number of carbonyl (C=O) groups is 1. The largest absolute Gasteiger partial charge is 0.392 e. The van der Waals surface area contributed by atoms with E-state index in [1.54, 1.807) is 28.8 Å². The molecular weight excluding hydrogens is 308 g/mol.